The molecule has 3 heteroatoms. The Hall–Kier alpha value is -3.25. The van der Waals surface area contributed by atoms with Gasteiger partial charge in [-0.25, -0.2) is 0 Å². The third-order valence-corrected chi connectivity index (χ3v) is 5.27. The Morgan fingerprint density at radius 1 is 0.667 bits per heavy atom. The first-order valence-electron chi connectivity index (χ1n) is 9.05. The smallest absolute Gasteiger partial charge is 0.0991 e. The monoisotopic (exact) mass is 355 g/mol. The summed E-state index contributed by atoms with van der Waals surface area (Å²) in [5.74, 6) is 0.0498. The van der Waals surface area contributed by atoms with Gasteiger partial charge in [-0.15, -0.1) is 0 Å². The molecule has 3 aromatic rings. The van der Waals surface area contributed by atoms with Crippen molar-refractivity contribution in [1.29, 1.82) is 5.26 Å². The molecule has 0 radical (unpaired) electrons. The van der Waals surface area contributed by atoms with Crippen LogP contribution in [0.4, 0.5) is 11.4 Å². The van der Waals surface area contributed by atoms with Gasteiger partial charge in [-0.05, 0) is 78.8 Å². The third kappa shape index (κ3) is 3.52. The van der Waals surface area contributed by atoms with E-state index in [0.717, 1.165) is 39.2 Å². The largest absolute Gasteiger partial charge is 0.398 e. The van der Waals surface area contributed by atoms with Crippen molar-refractivity contribution in [1.82, 2.24) is 0 Å². The topological polar surface area (TPSA) is 75.8 Å². The minimum atomic E-state index is 0.0498. The second-order valence-electron chi connectivity index (χ2n) is 7.30. The van der Waals surface area contributed by atoms with Gasteiger partial charge in [0.25, 0.3) is 0 Å². The first-order chi connectivity index (χ1) is 12.8. The van der Waals surface area contributed by atoms with Crippen LogP contribution in [0.15, 0.2) is 48.5 Å². The molecule has 0 amide bonds. The molecule has 0 unspecified atom stereocenters. The molecule has 0 saturated carbocycles. The molecule has 0 bridgehead atoms. The van der Waals surface area contributed by atoms with Gasteiger partial charge < -0.3 is 11.5 Å². The Morgan fingerprint density at radius 3 is 1.37 bits per heavy atom. The van der Waals surface area contributed by atoms with Gasteiger partial charge in [0.05, 0.1) is 11.6 Å². The van der Waals surface area contributed by atoms with Crippen molar-refractivity contribution in [3.05, 3.63) is 93.0 Å². The van der Waals surface area contributed by atoms with Crippen LogP contribution >= 0.6 is 0 Å². The van der Waals surface area contributed by atoms with Gasteiger partial charge in [-0.2, -0.15) is 5.26 Å². The third-order valence-electron chi connectivity index (χ3n) is 5.27. The minimum absolute atomic E-state index is 0.0498. The quantitative estimate of drug-likeness (QED) is 0.505. The highest BCUT2D eigenvalue weighted by atomic mass is 14.6. The number of benzene rings is 3. The molecule has 0 aliphatic rings. The van der Waals surface area contributed by atoms with Crippen LogP contribution in [0, 0.1) is 39.0 Å². The number of nitrogens with two attached hydrogens (primary N) is 2. The van der Waals surface area contributed by atoms with Crippen LogP contribution in [0.5, 0.6) is 0 Å². The highest BCUT2D eigenvalue weighted by Gasteiger charge is 2.20. The van der Waals surface area contributed by atoms with Crippen LogP contribution in [0.2, 0.25) is 0 Å². The fraction of sp³-hybridized carbons (Fsp3) is 0.208. The lowest BCUT2D eigenvalue weighted by Crippen LogP contribution is -2.07. The van der Waals surface area contributed by atoms with E-state index in [1.54, 1.807) is 0 Å². The number of hydrogen-bond donors (Lipinski definition) is 2. The van der Waals surface area contributed by atoms with Crippen molar-refractivity contribution in [2.75, 3.05) is 11.5 Å². The molecule has 0 atom stereocenters. The van der Waals surface area contributed by atoms with Gasteiger partial charge in [0.15, 0.2) is 0 Å². The molecule has 3 aromatic carbocycles. The minimum Gasteiger partial charge on any atom is -0.398 e. The van der Waals surface area contributed by atoms with E-state index in [9.17, 15) is 0 Å². The molecule has 0 aliphatic heterocycles. The lowest BCUT2D eigenvalue weighted by molar-refractivity contribution is 0.966. The Balaban J connectivity index is 2.25. The number of nitrogen functional groups attached to an aromatic ring is 2. The van der Waals surface area contributed by atoms with Crippen molar-refractivity contribution in [3.8, 4) is 6.07 Å². The summed E-state index contributed by atoms with van der Waals surface area (Å²) in [5, 5.41) is 9.13. The summed E-state index contributed by atoms with van der Waals surface area (Å²) in [6.45, 7) is 8.17. The van der Waals surface area contributed by atoms with Crippen molar-refractivity contribution >= 4 is 11.4 Å². The molecule has 3 rings (SSSR count). The summed E-state index contributed by atoms with van der Waals surface area (Å²) in [6.07, 6.45) is 0. The molecule has 0 aliphatic carbocycles. The van der Waals surface area contributed by atoms with Crippen LogP contribution in [-0.2, 0) is 0 Å². The normalized spacial score (nSPS) is 10.8. The number of hydrogen-bond acceptors (Lipinski definition) is 3. The van der Waals surface area contributed by atoms with Crippen molar-refractivity contribution in [2.45, 2.75) is 33.6 Å². The molecular formula is C24H25N3. The molecule has 136 valence electrons. The standard InChI is InChI=1S/C24H25N3/c1-14-9-20(10-15(2)23(14)26)22(19-7-5-18(13-25)6-8-19)21-11-16(3)24(27)17(4)12-21/h5-12,22H,26-27H2,1-4H3. The maximum atomic E-state index is 9.13. The number of nitriles is 1. The summed E-state index contributed by atoms with van der Waals surface area (Å²) in [6, 6.07) is 18.6. The number of anilines is 2. The van der Waals surface area contributed by atoms with E-state index in [1.807, 2.05) is 52.0 Å². The van der Waals surface area contributed by atoms with E-state index in [2.05, 4.69) is 30.3 Å². The lowest BCUT2D eigenvalue weighted by atomic mass is 9.82. The van der Waals surface area contributed by atoms with E-state index in [4.69, 9.17) is 16.7 Å². The molecule has 0 saturated heterocycles. The van der Waals surface area contributed by atoms with Crippen molar-refractivity contribution < 1.29 is 0 Å². The molecule has 0 spiro atoms. The van der Waals surface area contributed by atoms with Gasteiger partial charge in [0.1, 0.15) is 0 Å². The Morgan fingerprint density at radius 2 is 1.04 bits per heavy atom. The molecule has 0 heterocycles. The van der Waals surface area contributed by atoms with Crippen LogP contribution in [-0.4, -0.2) is 0 Å². The van der Waals surface area contributed by atoms with Gasteiger partial charge in [0.2, 0.25) is 0 Å². The lowest BCUT2D eigenvalue weighted by Gasteiger charge is -2.22. The van der Waals surface area contributed by atoms with E-state index in [-0.39, 0.29) is 5.92 Å². The highest BCUT2D eigenvalue weighted by Crippen LogP contribution is 2.36. The molecule has 4 N–H and O–H groups in total. The summed E-state index contributed by atoms with van der Waals surface area (Å²) < 4.78 is 0. The average Bonchev–Trinajstić information content (AvgIpc) is 2.64. The summed E-state index contributed by atoms with van der Waals surface area (Å²) in [7, 11) is 0. The van der Waals surface area contributed by atoms with Gasteiger partial charge in [-0.1, -0.05) is 36.4 Å². The van der Waals surface area contributed by atoms with Crippen LogP contribution in [0.3, 0.4) is 0 Å². The van der Waals surface area contributed by atoms with Gasteiger partial charge in [0, 0.05) is 17.3 Å². The number of aryl methyl sites for hydroxylation is 4. The molecule has 0 fully saturated rings. The fourth-order valence-corrected chi connectivity index (χ4v) is 3.68. The SMILES string of the molecule is Cc1cc(C(c2ccc(C#N)cc2)c2cc(C)c(N)c(C)c2)cc(C)c1N. The van der Waals surface area contributed by atoms with Crippen LogP contribution < -0.4 is 11.5 Å². The predicted molar refractivity (Wildman–Crippen MR) is 113 cm³/mol. The summed E-state index contributed by atoms with van der Waals surface area (Å²) in [4.78, 5) is 0. The zero-order valence-corrected chi connectivity index (χ0v) is 16.3. The first-order valence-corrected chi connectivity index (χ1v) is 9.05. The maximum Gasteiger partial charge on any atom is 0.0991 e. The Labute approximate surface area is 161 Å². The first kappa shape index (κ1) is 18.5. The average molecular weight is 355 g/mol. The van der Waals surface area contributed by atoms with E-state index in [1.165, 1.54) is 11.1 Å². The number of nitrogens with zero attached hydrogens (tertiary/aromatic N) is 1. The number of rotatable bonds is 3. The van der Waals surface area contributed by atoms with E-state index in [0.29, 0.717) is 5.56 Å². The zero-order valence-electron chi connectivity index (χ0n) is 16.3. The van der Waals surface area contributed by atoms with Crippen molar-refractivity contribution in [2.24, 2.45) is 0 Å². The van der Waals surface area contributed by atoms with E-state index >= 15 is 0 Å². The second kappa shape index (κ2) is 7.17. The molecule has 27 heavy (non-hydrogen) atoms. The Kier molecular flexibility index (Phi) is 4.92. The molecular weight excluding hydrogens is 330 g/mol. The highest BCUT2D eigenvalue weighted by molar-refractivity contribution is 5.60. The molecule has 3 nitrogen and oxygen atoms in total. The fourth-order valence-electron chi connectivity index (χ4n) is 3.68. The maximum absolute atomic E-state index is 9.13. The second-order valence-corrected chi connectivity index (χ2v) is 7.30. The van der Waals surface area contributed by atoms with E-state index < -0.39 is 0 Å². The van der Waals surface area contributed by atoms with Gasteiger partial charge >= 0.3 is 0 Å². The summed E-state index contributed by atoms with van der Waals surface area (Å²) >= 11 is 0. The summed E-state index contributed by atoms with van der Waals surface area (Å²) in [5.41, 5.74) is 22.5. The zero-order chi connectivity index (χ0) is 19.7. The van der Waals surface area contributed by atoms with Gasteiger partial charge in [-0.3, -0.25) is 0 Å². The van der Waals surface area contributed by atoms with Crippen molar-refractivity contribution in [3.63, 3.8) is 0 Å². The van der Waals surface area contributed by atoms with Crippen LogP contribution in [0.1, 0.15) is 50.4 Å². The molecule has 0 aromatic heterocycles. The van der Waals surface area contributed by atoms with Crippen LogP contribution in [0.25, 0.3) is 0 Å². The predicted octanol–water partition coefficient (Wildman–Crippen LogP) is 5.14. The Bertz CT molecular complexity index is 937.